The molecule has 1 aliphatic carbocycles. The molecule has 30 heavy (non-hydrogen) atoms. The maximum atomic E-state index is 13.7. The van der Waals surface area contributed by atoms with Gasteiger partial charge in [-0.25, -0.2) is 4.79 Å². The molecule has 2 aliphatic rings. The first-order valence-electron chi connectivity index (χ1n) is 9.34. The number of benzene rings is 2. The summed E-state index contributed by atoms with van der Waals surface area (Å²) in [6.07, 6.45) is -0.234. The van der Waals surface area contributed by atoms with E-state index in [2.05, 4.69) is 5.32 Å². The molecule has 2 aromatic carbocycles. The van der Waals surface area contributed by atoms with E-state index in [1.54, 1.807) is 31.2 Å². The van der Waals surface area contributed by atoms with Gasteiger partial charge >= 0.3 is 11.9 Å². The zero-order valence-electron chi connectivity index (χ0n) is 16.3. The molecule has 0 bridgehead atoms. The Balaban J connectivity index is 2.02. The van der Waals surface area contributed by atoms with E-state index in [1.807, 2.05) is 0 Å². The average Bonchev–Trinajstić information content (AvgIpc) is 3.21. The molecule has 7 nitrogen and oxygen atoms in total. The quantitative estimate of drug-likeness (QED) is 0.591. The minimum Gasteiger partial charge on any atom is -0.467 e. The highest BCUT2D eigenvalue weighted by Crippen LogP contribution is 2.52. The van der Waals surface area contributed by atoms with Crippen molar-refractivity contribution in [1.82, 2.24) is 0 Å². The van der Waals surface area contributed by atoms with Crippen molar-refractivity contribution < 1.29 is 28.7 Å². The van der Waals surface area contributed by atoms with Crippen LogP contribution in [0.25, 0.3) is 0 Å². The van der Waals surface area contributed by atoms with E-state index in [9.17, 15) is 19.2 Å². The number of para-hydroxylation sites is 1. The Labute approximate surface area is 177 Å². The predicted molar refractivity (Wildman–Crippen MR) is 108 cm³/mol. The molecular weight excluding hydrogens is 410 g/mol. The summed E-state index contributed by atoms with van der Waals surface area (Å²) >= 11 is 6.09. The van der Waals surface area contributed by atoms with Gasteiger partial charge in [-0.05, 0) is 42.8 Å². The van der Waals surface area contributed by atoms with Crippen LogP contribution in [0.4, 0.5) is 5.69 Å². The Morgan fingerprint density at radius 1 is 1.07 bits per heavy atom. The fraction of sp³-hybridized carbons (Fsp3) is 0.273. The van der Waals surface area contributed by atoms with Crippen LogP contribution in [0.2, 0.25) is 5.02 Å². The summed E-state index contributed by atoms with van der Waals surface area (Å²) in [5.41, 5.74) is -3.30. The molecule has 0 aromatic heterocycles. The fourth-order valence-corrected chi connectivity index (χ4v) is 4.62. The van der Waals surface area contributed by atoms with Gasteiger partial charge in [0, 0.05) is 28.3 Å². The van der Waals surface area contributed by atoms with Crippen molar-refractivity contribution in [3.63, 3.8) is 0 Å². The molecule has 2 atom stereocenters. The van der Waals surface area contributed by atoms with E-state index < -0.39 is 34.5 Å². The first-order chi connectivity index (χ1) is 14.3. The molecule has 0 unspecified atom stereocenters. The summed E-state index contributed by atoms with van der Waals surface area (Å²) < 4.78 is 10.2. The number of esters is 2. The largest absolute Gasteiger partial charge is 0.467 e. The van der Waals surface area contributed by atoms with E-state index >= 15 is 0 Å². The highest BCUT2D eigenvalue weighted by Gasteiger charge is 2.75. The second-order valence-electron chi connectivity index (χ2n) is 7.17. The highest BCUT2D eigenvalue weighted by molar-refractivity contribution is 6.34. The molecule has 0 saturated carbocycles. The van der Waals surface area contributed by atoms with Crippen molar-refractivity contribution in [2.45, 2.75) is 18.9 Å². The minimum atomic E-state index is -2.31. The summed E-state index contributed by atoms with van der Waals surface area (Å²) in [7, 11) is 1.10. The van der Waals surface area contributed by atoms with E-state index in [1.165, 1.54) is 18.2 Å². The molecule has 4 rings (SSSR count). The van der Waals surface area contributed by atoms with Gasteiger partial charge in [-0.3, -0.25) is 14.4 Å². The van der Waals surface area contributed by atoms with Crippen molar-refractivity contribution in [3.05, 3.63) is 64.2 Å². The van der Waals surface area contributed by atoms with Gasteiger partial charge in [0.25, 0.3) is 0 Å². The monoisotopic (exact) mass is 427 g/mol. The number of ketones is 2. The molecule has 1 heterocycles. The Morgan fingerprint density at radius 2 is 1.80 bits per heavy atom. The average molecular weight is 428 g/mol. The minimum absolute atomic E-state index is 0.0383. The number of fused-ring (bicyclic) bond motifs is 2. The third-order valence-corrected chi connectivity index (χ3v) is 5.98. The topological polar surface area (TPSA) is 98.8 Å². The summed E-state index contributed by atoms with van der Waals surface area (Å²) in [5, 5.41) is 3.23. The number of hydrogen-bond acceptors (Lipinski definition) is 7. The van der Waals surface area contributed by atoms with E-state index in [4.69, 9.17) is 21.1 Å². The maximum absolute atomic E-state index is 13.7. The summed E-state index contributed by atoms with van der Waals surface area (Å²) in [5.74, 6) is -3.41. The molecule has 8 heteroatoms. The van der Waals surface area contributed by atoms with E-state index in [0.29, 0.717) is 16.3 Å². The Kier molecular flexibility index (Phi) is 4.66. The molecule has 0 fully saturated rings. The summed E-state index contributed by atoms with van der Waals surface area (Å²) in [6, 6.07) is 11.0. The first-order valence-corrected chi connectivity index (χ1v) is 9.72. The number of carbonyl (C=O) groups excluding carboxylic acids is 4. The molecule has 154 valence electrons. The number of rotatable bonds is 4. The number of halogens is 1. The third kappa shape index (κ3) is 2.38. The zero-order chi connectivity index (χ0) is 21.7. The zero-order valence-corrected chi connectivity index (χ0v) is 17.0. The molecule has 0 radical (unpaired) electrons. The van der Waals surface area contributed by atoms with Crippen LogP contribution in [0.3, 0.4) is 0 Å². The van der Waals surface area contributed by atoms with Gasteiger partial charge in [0.15, 0.2) is 11.2 Å². The molecule has 1 aliphatic heterocycles. The second-order valence-corrected chi connectivity index (χ2v) is 7.61. The van der Waals surface area contributed by atoms with Gasteiger partial charge < -0.3 is 14.8 Å². The van der Waals surface area contributed by atoms with Crippen LogP contribution in [-0.2, 0) is 25.5 Å². The van der Waals surface area contributed by atoms with E-state index in [-0.39, 0.29) is 24.2 Å². The van der Waals surface area contributed by atoms with Crippen LogP contribution >= 0.6 is 11.6 Å². The lowest BCUT2D eigenvalue weighted by Crippen LogP contribution is -2.68. The van der Waals surface area contributed by atoms with Gasteiger partial charge in [-0.15, -0.1) is 0 Å². The standard InChI is InChI=1S/C22H18ClNO6/c1-3-30-19(27)21(11-12-10-13(23)8-9-14(12)17(21)25)22(20(28)29-2)18(26)15-6-4-5-7-16(15)24-22/h4-10,24H,3,11H2,1-2H3/t21-,22+/m1/s1. The number of ether oxygens (including phenoxy) is 2. The first kappa shape index (κ1) is 20.1. The smallest absolute Gasteiger partial charge is 0.341 e. The lowest BCUT2D eigenvalue weighted by molar-refractivity contribution is -0.162. The van der Waals surface area contributed by atoms with Crippen LogP contribution in [0.15, 0.2) is 42.5 Å². The SMILES string of the molecule is CCOC(=O)[C@@]1([C@]2(C(=O)OC)Nc3ccccc3C2=O)Cc2cc(Cl)ccc2C1=O. The van der Waals surface area contributed by atoms with Crippen LogP contribution in [0.5, 0.6) is 0 Å². The van der Waals surface area contributed by atoms with E-state index in [0.717, 1.165) is 7.11 Å². The van der Waals surface area contributed by atoms with Gasteiger partial charge in [0.05, 0.1) is 13.7 Å². The third-order valence-electron chi connectivity index (χ3n) is 5.75. The van der Waals surface area contributed by atoms with Crippen LogP contribution < -0.4 is 5.32 Å². The van der Waals surface area contributed by atoms with Crippen molar-refractivity contribution >= 4 is 40.8 Å². The van der Waals surface area contributed by atoms with Crippen molar-refractivity contribution in [3.8, 4) is 0 Å². The number of anilines is 1. The molecule has 0 amide bonds. The summed E-state index contributed by atoms with van der Waals surface area (Å²) in [6.45, 7) is 1.54. The lowest BCUT2D eigenvalue weighted by Gasteiger charge is -2.39. The van der Waals surface area contributed by atoms with Gasteiger partial charge in [0.1, 0.15) is 0 Å². The predicted octanol–water partition coefficient (Wildman–Crippen LogP) is 2.85. The molecule has 2 aromatic rings. The number of carbonyl (C=O) groups is 4. The van der Waals surface area contributed by atoms with Gasteiger partial charge in [-0.1, -0.05) is 23.7 Å². The van der Waals surface area contributed by atoms with Gasteiger partial charge in [0.2, 0.25) is 11.3 Å². The molecule has 0 spiro atoms. The Morgan fingerprint density at radius 3 is 2.47 bits per heavy atom. The normalized spacial score (nSPS) is 24.1. The Bertz CT molecular complexity index is 1110. The fourth-order valence-electron chi connectivity index (χ4n) is 4.42. The number of nitrogens with one attached hydrogen (secondary N) is 1. The number of methoxy groups -OCH3 is 1. The molecular formula is C22H18ClNO6. The second kappa shape index (κ2) is 6.95. The van der Waals surface area contributed by atoms with Crippen molar-refractivity contribution in [2.24, 2.45) is 5.41 Å². The highest BCUT2D eigenvalue weighted by atomic mass is 35.5. The van der Waals surface area contributed by atoms with Crippen molar-refractivity contribution in [1.29, 1.82) is 0 Å². The van der Waals surface area contributed by atoms with Crippen LogP contribution in [0.1, 0.15) is 33.2 Å². The number of Topliss-reactive ketones (excluding diaryl/α,β-unsaturated/α-hetero) is 2. The van der Waals surface area contributed by atoms with Crippen LogP contribution in [0, 0.1) is 5.41 Å². The Hall–Kier alpha value is -3.19. The lowest BCUT2D eigenvalue weighted by atomic mass is 9.64. The maximum Gasteiger partial charge on any atom is 0.341 e. The number of hydrogen-bond donors (Lipinski definition) is 1. The van der Waals surface area contributed by atoms with Gasteiger partial charge in [-0.2, -0.15) is 0 Å². The van der Waals surface area contributed by atoms with Crippen molar-refractivity contribution in [2.75, 3.05) is 19.0 Å². The summed E-state index contributed by atoms with van der Waals surface area (Å²) in [4.78, 5) is 53.9. The molecule has 0 saturated heterocycles. The molecule has 1 N–H and O–H groups in total. The van der Waals surface area contributed by atoms with Crippen LogP contribution in [-0.4, -0.2) is 42.8 Å².